The Hall–Kier alpha value is -0.340. The molecule has 2 rings (SSSR count). The van der Waals surface area contributed by atoms with Gasteiger partial charge in [-0.15, -0.1) is 0 Å². The molecule has 0 amide bonds. The summed E-state index contributed by atoms with van der Waals surface area (Å²) in [5, 5.41) is 0. The van der Waals surface area contributed by atoms with E-state index in [2.05, 4.69) is 36.9 Å². The summed E-state index contributed by atoms with van der Waals surface area (Å²) >= 11 is 0. The minimum atomic E-state index is 0.955. The molecule has 1 heterocycles. The topological polar surface area (TPSA) is 6.48 Å². The summed E-state index contributed by atoms with van der Waals surface area (Å²) < 4.78 is 0. The van der Waals surface area contributed by atoms with E-state index in [1.54, 1.807) is 5.57 Å². The van der Waals surface area contributed by atoms with Crippen molar-refractivity contribution in [3.63, 3.8) is 0 Å². The average molecular weight is 208 g/mol. The van der Waals surface area contributed by atoms with Crippen LogP contribution in [0.4, 0.5) is 0 Å². The Morgan fingerprint density at radius 1 is 1.33 bits per heavy atom. The minimum Gasteiger partial charge on any atom is -0.308 e. The summed E-state index contributed by atoms with van der Waals surface area (Å²) in [5.74, 6) is 1.91. The van der Waals surface area contributed by atoms with Crippen LogP contribution in [0.1, 0.15) is 19.8 Å². The fourth-order valence-corrected chi connectivity index (χ4v) is 2.91. The van der Waals surface area contributed by atoms with E-state index in [9.17, 15) is 0 Å². The maximum Gasteiger partial charge on any atom is 0.0109 e. The van der Waals surface area contributed by atoms with Crippen molar-refractivity contribution in [3.05, 3.63) is 11.6 Å². The Labute approximate surface area is 93.9 Å². The monoisotopic (exact) mass is 208 g/mol. The van der Waals surface area contributed by atoms with E-state index in [4.69, 9.17) is 0 Å². The van der Waals surface area contributed by atoms with E-state index in [0.717, 1.165) is 11.8 Å². The number of hydrogen-bond donors (Lipinski definition) is 0. The highest BCUT2D eigenvalue weighted by molar-refractivity contribution is 5.08. The van der Waals surface area contributed by atoms with Crippen LogP contribution in [0, 0.1) is 11.8 Å². The zero-order chi connectivity index (χ0) is 10.8. The van der Waals surface area contributed by atoms with Gasteiger partial charge in [0.05, 0.1) is 0 Å². The molecule has 1 aliphatic heterocycles. The van der Waals surface area contributed by atoms with Gasteiger partial charge >= 0.3 is 0 Å². The van der Waals surface area contributed by atoms with E-state index < -0.39 is 0 Å². The summed E-state index contributed by atoms with van der Waals surface area (Å²) in [6.45, 7) is 7.41. The number of rotatable bonds is 3. The van der Waals surface area contributed by atoms with Gasteiger partial charge in [0, 0.05) is 26.2 Å². The molecule has 2 nitrogen and oxygen atoms in total. The van der Waals surface area contributed by atoms with Gasteiger partial charge in [-0.1, -0.05) is 11.6 Å². The first kappa shape index (κ1) is 11.2. The van der Waals surface area contributed by atoms with Gasteiger partial charge in [-0.2, -0.15) is 0 Å². The third-order valence-electron chi connectivity index (χ3n) is 3.87. The molecule has 0 N–H and O–H groups in total. The SMILES string of the molecule is CC1=CC[C@H]2CN(CCN(C)C)C[C@H]2C1. The molecule has 0 aromatic rings. The lowest BCUT2D eigenvalue weighted by Crippen LogP contribution is -2.30. The fraction of sp³-hybridized carbons (Fsp3) is 0.846. The number of likely N-dealkylation sites (tertiary alicyclic amines) is 1. The highest BCUT2D eigenvalue weighted by Crippen LogP contribution is 2.35. The highest BCUT2D eigenvalue weighted by atomic mass is 15.2. The van der Waals surface area contributed by atoms with Gasteiger partial charge in [0.1, 0.15) is 0 Å². The van der Waals surface area contributed by atoms with Crippen molar-refractivity contribution in [2.24, 2.45) is 11.8 Å². The van der Waals surface area contributed by atoms with Gasteiger partial charge in [0.15, 0.2) is 0 Å². The molecule has 0 saturated carbocycles. The van der Waals surface area contributed by atoms with E-state index in [1.807, 2.05) is 0 Å². The second kappa shape index (κ2) is 4.67. The van der Waals surface area contributed by atoms with Gasteiger partial charge < -0.3 is 9.80 Å². The van der Waals surface area contributed by atoms with Gasteiger partial charge in [0.25, 0.3) is 0 Å². The zero-order valence-electron chi connectivity index (χ0n) is 10.4. The molecular formula is C13H24N2. The quantitative estimate of drug-likeness (QED) is 0.653. The molecule has 86 valence electrons. The Morgan fingerprint density at radius 3 is 2.80 bits per heavy atom. The Morgan fingerprint density at radius 2 is 2.07 bits per heavy atom. The maximum atomic E-state index is 2.65. The van der Waals surface area contributed by atoms with E-state index >= 15 is 0 Å². The number of likely N-dealkylation sites (N-methyl/N-ethyl adjacent to an activating group) is 1. The van der Waals surface area contributed by atoms with Crippen molar-refractivity contribution in [2.45, 2.75) is 19.8 Å². The summed E-state index contributed by atoms with van der Waals surface area (Å²) in [6.07, 6.45) is 5.13. The number of allylic oxidation sites excluding steroid dienone is 2. The van der Waals surface area contributed by atoms with Crippen molar-refractivity contribution in [2.75, 3.05) is 40.3 Å². The first-order valence-corrected chi connectivity index (χ1v) is 6.18. The molecule has 0 aromatic carbocycles. The molecule has 15 heavy (non-hydrogen) atoms. The van der Waals surface area contributed by atoms with Gasteiger partial charge in [-0.05, 0) is 45.7 Å². The summed E-state index contributed by atoms with van der Waals surface area (Å²) in [7, 11) is 4.32. The molecule has 0 unspecified atom stereocenters. The molecule has 0 bridgehead atoms. The summed E-state index contributed by atoms with van der Waals surface area (Å²) in [5.41, 5.74) is 1.62. The summed E-state index contributed by atoms with van der Waals surface area (Å²) in [4.78, 5) is 4.94. The Balaban J connectivity index is 1.81. The molecule has 1 fully saturated rings. The predicted octanol–water partition coefficient (Wildman–Crippen LogP) is 1.84. The van der Waals surface area contributed by atoms with Crippen LogP contribution < -0.4 is 0 Å². The number of fused-ring (bicyclic) bond motifs is 1. The Kier molecular flexibility index (Phi) is 3.47. The van der Waals surface area contributed by atoms with Crippen LogP contribution in [0.3, 0.4) is 0 Å². The molecule has 2 heteroatoms. The standard InChI is InChI=1S/C13H24N2/c1-11-4-5-12-9-15(7-6-14(2)3)10-13(12)8-11/h4,12-13H,5-10H2,1-3H3/t12-,13+/m0/s1. The van der Waals surface area contributed by atoms with Gasteiger partial charge in [-0.3, -0.25) is 0 Å². The smallest absolute Gasteiger partial charge is 0.0109 e. The first-order valence-electron chi connectivity index (χ1n) is 6.18. The van der Waals surface area contributed by atoms with E-state index in [-0.39, 0.29) is 0 Å². The fourth-order valence-electron chi connectivity index (χ4n) is 2.91. The number of nitrogens with zero attached hydrogens (tertiary/aromatic N) is 2. The maximum absolute atomic E-state index is 2.65. The second-order valence-corrected chi connectivity index (χ2v) is 5.57. The molecule has 2 atom stereocenters. The van der Waals surface area contributed by atoms with Crippen LogP contribution in [0.15, 0.2) is 11.6 Å². The van der Waals surface area contributed by atoms with Crippen molar-refractivity contribution in [1.29, 1.82) is 0 Å². The van der Waals surface area contributed by atoms with Crippen LogP contribution in [0.25, 0.3) is 0 Å². The third-order valence-corrected chi connectivity index (χ3v) is 3.87. The second-order valence-electron chi connectivity index (χ2n) is 5.57. The molecule has 0 spiro atoms. The van der Waals surface area contributed by atoms with Crippen molar-refractivity contribution < 1.29 is 0 Å². The van der Waals surface area contributed by atoms with Crippen LogP contribution in [-0.2, 0) is 0 Å². The predicted molar refractivity (Wildman–Crippen MR) is 65.0 cm³/mol. The van der Waals surface area contributed by atoms with Crippen LogP contribution in [0.2, 0.25) is 0 Å². The van der Waals surface area contributed by atoms with Gasteiger partial charge in [-0.25, -0.2) is 0 Å². The minimum absolute atomic E-state index is 0.955. The van der Waals surface area contributed by atoms with Crippen LogP contribution in [-0.4, -0.2) is 50.1 Å². The highest BCUT2D eigenvalue weighted by Gasteiger charge is 2.33. The summed E-state index contributed by atoms with van der Waals surface area (Å²) in [6, 6.07) is 0. The largest absolute Gasteiger partial charge is 0.308 e. The Bertz CT molecular complexity index is 245. The molecule has 2 aliphatic rings. The lowest BCUT2D eigenvalue weighted by atomic mass is 9.83. The molecule has 0 aromatic heterocycles. The molecule has 0 radical (unpaired) electrons. The lowest BCUT2D eigenvalue weighted by Gasteiger charge is -2.22. The van der Waals surface area contributed by atoms with Crippen LogP contribution >= 0.6 is 0 Å². The molecular weight excluding hydrogens is 184 g/mol. The van der Waals surface area contributed by atoms with Crippen LogP contribution in [0.5, 0.6) is 0 Å². The van der Waals surface area contributed by atoms with Crippen molar-refractivity contribution in [1.82, 2.24) is 9.80 Å². The van der Waals surface area contributed by atoms with Crippen molar-refractivity contribution >= 4 is 0 Å². The number of hydrogen-bond acceptors (Lipinski definition) is 2. The average Bonchev–Trinajstić information content (AvgIpc) is 2.56. The normalized spacial score (nSPS) is 31.9. The van der Waals surface area contributed by atoms with Gasteiger partial charge in [0.2, 0.25) is 0 Å². The molecule has 1 aliphatic carbocycles. The van der Waals surface area contributed by atoms with E-state index in [1.165, 1.54) is 39.0 Å². The third kappa shape index (κ3) is 2.82. The van der Waals surface area contributed by atoms with E-state index in [0.29, 0.717) is 0 Å². The zero-order valence-corrected chi connectivity index (χ0v) is 10.4. The first-order chi connectivity index (χ1) is 7.15. The lowest BCUT2D eigenvalue weighted by molar-refractivity contribution is 0.273. The van der Waals surface area contributed by atoms with Crippen molar-refractivity contribution in [3.8, 4) is 0 Å². The molecule has 1 saturated heterocycles.